The zero-order chi connectivity index (χ0) is 26.6. The largest absolute Gasteiger partial charge is 0.455 e. The molecule has 0 bridgehead atoms. The predicted octanol–water partition coefficient (Wildman–Crippen LogP) is -0.682. The number of furan rings is 1. The molecule has 2 aromatic heterocycles. The Morgan fingerprint density at radius 3 is 1.81 bits per heavy atom. The average molecular weight is 497 g/mol. The summed E-state index contributed by atoms with van der Waals surface area (Å²) in [6.07, 6.45) is -3.22. The van der Waals surface area contributed by atoms with Gasteiger partial charge in [-0.1, -0.05) is 30.3 Å². The minimum atomic E-state index is -0.807. The lowest BCUT2D eigenvalue weighted by Gasteiger charge is -2.37. The van der Waals surface area contributed by atoms with E-state index in [1.807, 2.05) is 42.5 Å². The molecule has 18 radical (unpaired) electrons. The summed E-state index contributed by atoms with van der Waals surface area (Å²) in [7, 11) is 50.4. The van der Waals surface area contributed by atoms with Crippen LogP contribution in [-0.4, -0.2) is 119 Å². The highest BCUT2D eigenvalue weighted by molar-refractivity contribution is 9.10. The molecule has 36 heavy (non-hydrogen) atoms. The van der Waals surface area contributed by atoms with Gasteiger partial charge in [0.1, 0.15) is 11.2 Å². The highest BCUT2D eigenvalue weighted by Crippen LogP contribution is 2.34. The van der Waals surface area contributed by atoms with Crippen LogP contribution in [0, 0.1) is 0 Å². The number of benzene rings is 2. The first-order valence-corrected chi connectivity index (χ1v) is 12.1. The van der Waals surface area contributed by atoms with Crippen molar-refractivity contribution in [3.05, 3.63) is 65.3 Å². The summed E-state index contributed by atoms with van der Waals surface area (Å²) in [6.45, 7) is 0. The topological polar surface area (TPSA) is 26.0 Å². The van der Waals surface area contributed by atoms with Crippen LogP contribution >= 0.6 is 15.9 Å². The SMILES string of the molecule is Brc1ccc(-c2cccc3c2oc2ccccc23)nc1.[B]B([B])B([B])B(B([B])[B])B(B([B])[B])B([B])[B]. The van der Waals surface area contributed by atoms with Crippen molar-refractivity contribution >= 4 is 152 Å². The zero-order valence-corrected chi connectivity index (χ0v) is 21.3. The summed E-state index contributed by atoms with van der Waals surface area (Å²) in [5, 5.41) is 2.27. The number of aromatic nitrogens is 1. The van der Waals surface area contributed by atoms with E-state index in [1.165, 1.54) is 0 Å². The summed E-state index contributed by atoms with van der Waals surface area (Å²) in [5.41, 5.74) is 3.74. The van der Waals surface area contributed by atoms with E-state index in [9.17, 15) is 0 Å². The molecule has 0 unspecified atom stereocenters. The molecule has 0 saturated heterocycles. The summed E-state index contributed by atoms with van der Waals surface area (Å²) in [4.78, 5) is 4.46. The van der Waals surface area contributed by atoms with Crippen molar-refractivity contribution in [1.29, 1.82) is 0 Å². The lowest BCUT2D eigenvalue weighted by atomic mass is 8.44. The second-order valence-corrected chi connectivity index (χ2v) is 9.60. The fourth-order valence-electron chi connectivity index (χ4n) is 4.28. The third-order valence-electron chi connectivity index (χ3n) is 6.07. The van der Waals surface area contributed by atoms with Crippen LogP contribution in [-0.2, 0) is 0 Å². The van der Waals surface area contributed by atoms with E-state index in [0.717, 1.165) is 37.7 Å². The van der Waals surface area contributed by atoms with Crippen LogP contribution in [0.2, 0.25) is 0 Å². The first-order valence-electron chi connectivity index (χ1n) is 11.3. The Hall–Kier alpha value is -1.09. The Morgan fingerprint density at radius 1 is 0.639 bits per heavy atom. The summed E-state index contributed by atoms with van der Waals surface area (Å²) in [6, 6.07) is 18.3. The van der Waals surface area contributed by atoms with Gasteiger partial charge in [-0.15, -0.1) is 0 Å². The summed E-state index contributed by atoms with van der Waals surface area (Å²) in [5.74, 6) is 0. The van der Waals surface area contributed by atoms with E-state index in [4.69, 9.17) is 74.1 Å². The second kappa shape index (κ2) is 13.1. The maximum absolute atomic E-state index is 6.02. The number of hydrogen-bond donors (Lipinski definition) is 0. The lowest BCUT2D eigenvalue weighted by Crippen LogP contribution is -2.75. The second-order valence-electron chi connectivity index (χ2n) is 8.68. The Morgan fingerprint density at radius 2 is 1.25 bits per heavy atom. The maximum Gasteiger partial charge on any atom is 0.144 e. The van der Waals surface area contributed by atoms with Gasteiger partial charge >= 0.3 is 0 Å². The molecule has 4 rings (SSSR count). The standard InChI is InChI=1S/C17H10BrNO.B16/c18-11-8-9-15(19-10-11)14-6-3-5-13-12-4-1-2-7-16(12)20-17(13)14;1-10(2)14(9)16(13(7)8)15(11(3)4)12(5)6/h1-10H;. The van der Waals surface area contributed by atoms with Crippen LogP contribution in [0.15, 0.2) is 69.7 Å². The van der Waals surface area contributed by atoms with Gasteiger partial charge < -0.3 is 4.42 Å². The Balaban J connectivity index is 0.000000208. The number of pyridine rings is 1. The van der Waals surface area contributed by atoms with E-state index in [0.29, 0.717) is 0 Å². The van der Waals surface area contributed by atoms with Crippen LogP contribution in [0.3, 0.4) is 0 Å². The van der Waals surface area contributed by atoms with Gasteiger partial charge in [0.05, 0.1) is 5.69 Å². The molecule has 0 aliphatic rings. The van der Waals surface area contributed by atoms with E-state index < -0.39 is 44.7 Å². The van der Waals surface area contributed by atoms with Crippen LogP contribution < -0.4 is 0 Å². The molecule has 144 valence electrons. The van der Waals surface area contributed by atoms with Crippen LogP contribution in [0.1, 0.15) is 0 Å². The monoisotopic (exact) mass is 499 g/mol. The smallest absolute Gasteiger partial charge is 0.144 e. The number of para-hydroxylation sites is 2. The van der Waals surface area contributed by atoms with Gasteiger partial charge in [-0.05, 0) is 40.2 Å². The van der Waals surface area contributed by atoms with Crippen LogP contribution in [0.5, 0.6) is 0 Å². The Labute approximate surface area is 237 Å². The molecule has 0 atom stereocenters. The number of fused-ring (bicyclic) bond motifs is 3. The quantitative estimate of drug-likeness (QED) is 0.317. The Kier molecular flexibility index (Phi) is 10.7. The van der Waals surface area contributed by atoms with Crippen molar-refractivity contribution in [2.45, 2.75) is 0 Å². The average Bonchev–Trinajstić information content (AvgIpc) is 3.21. The van der Waals surface area contributed by atoms with Gasteiger partial charge in [0.15, 0.2) is 0 Å². The van der Waals surface area contributed by atoms with E-state index in [2.05, 4.69) is 33.0 Å². The van der Waals surface area contributed by atoms with E-state index >= 15 is 0 Å². The van der Waals surface area contributed by atoms with Crippen molar-refractivity contribution in [3.63, 3.8) is 0 Å². The molecule has 0 aliphatic heterocycles. The molecule has 19 heteroatoms. The number of nitrogens with zero attached hydrogens (tertiary/aromatic N) is 1. The molecule has 0 fully saturated rings. The first-order chi connectivity index (χ1) is 17.0. The maximum atomic E-state index is 6.02. The third-order valence-corrected chi connectivity index (χ3v) is 6.54. The zero-order valence-electron chi connectivity index (χ0n) is 19.7. The molecule has 0 N–H and O–H groups in total. The fourth-order valence-corrected chi connectivity index (χ4v) is 4.51. The number of hydrogen-bond acceptors (Lipinski definition) is 2. The number of halogens is 1. The predicted molar refractivity (Wildman–Crippen MR) is 177 cm³/mol. The van der Waals surface area contributed by atoms with Crippen LogP contribution in [0.4, 0.5) is 0 Å². The molecular weight excluding hydrogens is 487 g/mol. The normalized spacial score (nSPS) is 10.2. The molecule has 2 nitrogen and oxygen atoms in total. The summed E-state index contributed by atoms with van der Waals surface area (Å²) >= 11 is 3.41. The van der Waals surface area contributed by atoms with E-state index in [-0.39, 0.29) is 0 Å². The molecule has 0 spiro atoms. The van der Waals surface area contributed by atoms with Gasteiger partial charge in [0, 0.05) is 141 Å². The van der Waals surface area contributed by atoms with Gasteiger partial charge in [-0.25, -0.2) is 0 Å². The molecule has 4 aromatic rings. The van der Waals surface area contributed by atoms with Gasteiger partial charge in [0.2, 0.25) is 0 Å². The van der Waals surface area contributed by atoms with Crippen LogP contribution in [0.25, 0.3) is 33.2 Å². The molecule has 0 saturated carbocycles. The number of rotatable bonds is 7. The fraction of sp³-hybridized carbons (Fsp3) is 0. The minimum absolute atomic E-state index is 0.556. The summed E-state index contributed by atoms with van der Waals surface area (Å²) < 4.78 is 6.99. The van der Waals surface area contributed by atoms with E-state index in [1.54, 1.807) is 6.20 Å². The highest BCUT2D eigenvalue weighted by atomic mass is 79.9. The molecular formula is C17H10B16BrNO. The van der Waals surface area contributed by atoms with Crippen molar-refractivity contribution < 1.29 is 4.42 Å². The third kappa shape index (κ3) is 6.86. The highest BCUT2D eigenvalue weighted by Gasteiger charge is 2.38. The lowest BCUT2D eigenvalue weighted by molar-refractivity contribution is 0.670. The Bertz CT molecular complexity index is 1260. The van der Waals surface area contributed by atoms with Gasteiger partial charge in [-0.2, -0.15) is 0 Å². The minimum Gasteiger partial charge on any atom is -0.455 e. The van der Waals surface area contributed by atoms with Crippen molar-refractivity contribution in [2.24, 2.45) is 0 Å². The van der Waals surface area contributed by atoms with Crippen molar-refractivity contribution in [1.82, 2.24) is 4.98 Å². The molecule has 2 heterocycles. The molecule has 2 aromatic carbocycles. The van der Waals surface area contributed by atoms with Gasteiger partial charge in [-0.3, -0.25) is 4.98 Å². The van der Waals surface area contributed by atoms with Crippen molar-refractivity contribution in [3.8, 4) is 11.3 Å². The van der Waals surface area contributed by atoms with Crippen molar-refractivity contribution in [2.75, 3.05) is 0 Å². The molecule has 0 aliphatic carbocycles. The molecule has 0 amide bonds. The first kappa shape index (κ1) is 29.5. The van der Waals surface area contributed by atoms with Gasteiger partial charge in [0.25, 0.3) is 0 Å².